The summed E-state index contributed by atoms with van der Waals surface area (Å²) < 4.78 is 5.24. The van der Waals surface area contributed by atoms with Crippen LogP contribution in [-0.2, 0) is 6.42 Å². The van der Waals surface area contributed by atoms with Crippen LogP contribution in [0.4, 0.5) is 0 Å². The molecule has 0 bridgehead atoms. The second kappa shape index (κ2) is 3.88. The second-order valence-electron chi connectivity index (χ2n) is 3.39. The Hall–Kier alpha value is -0.580. The van der Waals surface area contributed by atoms with Gasteiger partial charge in [-0.05, 0) is 30.5 Å². The van der Waals surface area contributed by atoms with Crippen molar-refractivity contribution in [2.45, 2.75) is 16.8 Å². The van der Waals surface area contributed by atoms with E-state index in [1.54, 1.807) is 7.11 Å². The van der Waals surface area contributed by atoms with Gasteiger partial charge < -0.3 is 4.74 Å². The van der Waals surface area contributed by atoms with E-state index in [0.29, 0.717) is 0 Å². The molecule has 1 aromatic rings. The molecule has 1 atom stereocenters. The van der Waals surface area contributed by atoms with Gasteiger partial charge in [0.1, 0.15) is 5.75 Å². The Morgan fingerprint density at radius 2 is 2.29 bits per heavy atom. The molecule has 1 aliphatic rings. The molecule has 1 unspecified atom stereocenters. The Labute approximate surface area is 96.8 Å². The van der Waals surface area contributed by atoms with Gasteiger partial charge in [0.25, 0.3) is 0 Å². The van der Waals surface area contributed by atoms with E-state index in [9.17, 15) is 4.79 Å². The van der Waals surface area contributed by atoms with Crippen LogP contribution in [0, 0.1) is 0 Å². The Morgan fingerprint density at radius 1 is 1.50 bits per heavy atom. The molecule has 0 amide bonds. The van der Waals surface area contributed by atoms with Crippen LogP contribution in [-0.4, -0.2) is 16.8 Å². The van der Waals surface area contributed by atoms with E-state index in [1.807, 2.05) is 18.2 Å². The summed E-state index contributed by atoms with van der Waals surface area (Å²) in [5.74, 6) is 1.01. The van der Waals surface area contributed by atoms with Gasteiger partial charge in [-0.2, -0.15) is 0 Å². The number of ether oxygens (including phenoxy) is 1. The number of carbonyl (C=O) groups is 1. The zero-order chi connectivity index (χ0) is 10.1. The fourth-order valence-electron chi connectivity index (χ4n) is 1.71. The van der Waals surface area contributed by atoms with Gasteiger partial charge >= 0.3 is 0 Å². The molecule has 0 radical (unpaired) electrons. The van der Waals surface area contributed by atoms with Gasteiger partial charge in [0.05, 0.1) is 11.0 Å². The monoisotopic (exact) mass is 302 g/mol. The minimum absolute atomic E-state index is 0.132. The minimum Gasteiger partial charge on any atom is -0.497 e. The molecular formula is C11H11IO2. The van der Waals surface area contributed by atoms with Crippen LogP contribution >= 0.6 is 22.6 Å². The molecule has 0 aliphatic heterocycles. The number of carbonyl (C=O) groups excluding carboxylic acids is 1. The third kappa shape index (κ3) is 1.65. The predicted octanol–water partition coefficient (Wildman–Crippen LogP) is 2.63. The lowest BCUT2D eigenvalue weighted by Gasteiger charge is -2.19. The number of rotatable bonds is 1. The maximum Gasteiger partial charge on any atom is 0.176 e. The molecule has 0 aromatic heterocycles. The lowest BCUT2D eigenvalue weighted by Crippen LogP contribution is -2.22. The van der Waals surface area contributed by atoms with Crippen LogP contribution in [0.1, 0.15) is 22.3 Å². The highest BCUT2D eigenvalue weighted by Gasteiger charge is 2.25. The van der Waals surface area contributed by atoms with Gasteiger partial charge in [-0.15, -0.1) is 0 Å². The van der Waals surface area contributed by atoms with Crippen LogP contribution in [0.25, 0.3) is 0 Å². The number of methoxy groups -OCH3 is 1. The molecule has 74 valence electrons. The van der Waals surface area contributed by atoms with Crippen LogP contribution in [0.3, 0.4) is 0 Å². The van der Waals surface area contributed by atoms with E-state index in [-0.39, 0.29) is 9.71 Å². The van der Waals surface area contributed by atoms with Gasteiger partial charge in [0.2, 0.25) is 0 Å². The number of hydrogen-bond donors (Lipinski definition) is 0. The average molecular weight is 302 g/mol. The first kappa shape index (κ1) is 9.96. The number of benzene rings is 1. The second-order valence-corrected chi connectivity index (χ2v) is 4.90. The summed E-state index contributed by atoms with van der Waals surface area (Å²) in [6.07, 6.45) is 1.96. The fourth-order valence-corrected chi connectivity index (χ4v) is 2.36. The number of ketones is 1. The molecule has 2 rings (SSSR count). The molecule has 0 spiro atoms. The van der Waals surface area contributed by atoms with Gasteiger partial charge in [-0.3, -0.25) is 4.79 Å². The van der Waals surface area contributed by atoms with E-state index in [0.717, 1.165) is 29.7 Å². The highest BCUT2D eigenvalue weighted by molar-refractivity contribution is 14.1. The van der Waals surface area contributed by atoms with Crippen molar-refractivity contribution in [2.75, 3.05) is 7.11 Å². The van der Waals surface area contributed by atoms with E-state index in [2.05, 4.69) is 22.6 Å². The van der Waals surface area contributed by atoms with Crippen LogP contribution in [0.5, 0.6) is 5.75 Å². The SMILES string of the molecule is COc1ccc2c(c1)C(=O)C(I)CC2. The average Bonchev–Trinajstić information content (AvgIpc) is 2.23. The number of fused-ring (bicyclic) bond motifs is 1. The van der Waals surface area contributed by atoms with E-state index in [1.165, 1.54) is 0 Å². The highest BCUT2D eigenvalue weighted by Crippen LogP contribution is 2.28. The normalized spacial score (nSPS) is 20.4. The number of hydrogen-bond acceptors (Lipinski definition) is 2. The minimum atomic E-state index is 0.132. The molecule has 0 fully saturated rings. The molecule has 1 aliphatic carbocycles. The third-order valence-corrected chi connectivity index (χ3v) is 3.72. The summed E-state index contributed by atoms with van der Waals surface area (Å²) in [5, 5.41) is 0. The van der Waals surface area contributed by atoms with Crippen molar-refractivity contribution < 1.29 is 9.53 Å². The summed E-state index contributed by atoms with van der Waals surface area (Å²) in [7, 11) is 1.62. The van der Waals surface area contributed by atoms with Crippen molar-refractivity contribution >= 4 is 28.4 Å². The van der Waals surface area contributed by atoms with Crippen molar-refractivity contribution in [3.63, 3.8) is 0 Å². The summed E-state index contributed by atoms with van der Waals surface area (Å²) in [6.45, 7) is 0. The van der Waals surface area contributed by atoms with Crippen molar-refractivity contribution in [2.24, 2.45) is 0 Å². The van der Waals surface area contributed by atoms with Gasteiger partial charge in [-0.1, -0.05) is 28.7 Å². The van der Waals surface area contributed by atoms with Gasteiger partial charge in [-0.25, -0.2) is 0 Å². The van der Waals surface area contributed by atoms with Crippen molar-refractivity contribution in [1.29, 1.82) is 0 Å². The van der Waals surface area contributed by atoms with Crippen molar-refractivity contribution in [3.8, 4) is 5.75 Å². The Kier molecular flexibility index (Phi) is 2.76. The molecule has 3 heteroatoms. The number of aryl methyl sites for hydroxylation is 1. The third-order valence-electron chi connectivity index (χ3n) is 2.53. The first-order chi connectivity index (χ1) is 6.72. The first-order valence-corrected chi connectivity index (χ1v) is 5.82. The van der Waals surface area contributed by atoms with E-state index >= 15 is 0 Å². The van der Waals surface area contributed by atoms with Crippen molar-refractivity contribution in [1.82, 2.24) is 0 Å². The molecule has 0 saturated heterocycles. The smallest absolute Gasteiger partial charge is 0.176 e. The maximum absolute atomic E-state index is 11.8. The van der Waals surface area contributed by atoms with Gasteiger partial charge in [0.15, 0.2) is 5.78 Å². The lowest BCUT2D eigenvalue weighted by molar-refractivity contribution is 0.0984. The molecule has 0 heterocycles. The highest BCUT2D eigenvalue weighted by atomic mass is 127. The quantitative estimate of drug-likeness (QED) is 0.589. The zero-order valence-corrected chi connectivity index (χ0v) is 10.1. The molecular weight excluding hydrogens is 291 g/mol. The molecule has 0 N–H and O–H groups in total. The first-order valence-electron chi connectivity index (χ1n) is 4.57. The molecule has 2 nitrogen and oxygen atoms in total. The fraction of sp³-hybridized carbons (Fsp3) is 0.364. The van der Waals surface area contributed by atoms with E-state index < -0.39 is 0 Å². The lowest BCUT2D eigenvalue weighted by atomic mass is 9.90. The predicted molar refractivity (Wildman–Crippen MR) is 63.5 cm³/mol. The van der Waals surface area contributed by atoms with Gasteiger partial charge in [0, 0.05) is 5.56 Å². The molecule has 1 aromatic carbocycles. The summed E-state index contributed by atoms with van der Waals surface area (Å²) >= 11 is 2.21. The Morgan fingerprint density at radius 3 is 3.00 bits per heavy atom. The zero-order valence-electron chi connectivity index (χ0n) is 7.92. The maximum atomic E-state index is 11.8. The van der Waals surface area contributed by atoms with E-state index in [4.69, 9.17) is 4.74 Å². The standard InChI is InChI=1S/C11H11IO2/c1-14-8-4-2-7-3-5-10(12)11(13)9(7)6-8/h2,4,6,10H,3,5H2,1H3. The number of halogens is 1. The van der Waals surface area contributed by atoms with Crippen LogP contribution in [0.2, 0.25) is 0 Å². The Balaban J connectivity index is 2.46. The summed E-state index contributed by atoms with van der Waals surface area (Å²) in [6, 6.07) is 5.76. The Bertz CT molecular complexity index is 374. The van der Waals surface area contributed by atoms with Crippen molar-refractivity contribution in [3.05, 3.63) is 29.3 Å². The number of alkyl halides is 1. The largest absolute Gasteiger partial charge is 0.497 e. The molecule has 0 saturated carbocycles. The topological polar surface area (TPSA) is 26.3 Å². The van der Waals surface area contributed by atoms with Crippen LogP contribution in [0.15, 0.2) is 18.2 Å². The number of Topliss-reactive ketones (excluding diaryl/α,β-unsaturated/α-hetero) is 1. The summed E-state index contributed by atoms with van der Waals surface area (Å²) in [5.41, 5.74) is 2.00. The molecule has 14 heavy (non-hydrogen) atoms. The summed E-state index contributed by atoms with van der Waals surface area (Å²) in [4.78, 5) is 11.8. The van der Waals surface area contributed by atoms with Crippen LogP contribution < -0.4 is 4.74 Å².